The van der Waals surface area contributed by atoms with Gasteiger partial charge in [-0.25, -0.2) is 9.78 Å². The van der Waals surface area contributed by atoms with E-state index in [1.54, 1.807) is 30.5 Å². The molecule has 1 aromatic carbocycles. The van der Waals surface area contributed by atoms with Crippen LogP contribution >= 0.6 is 27.5 Å². The summed E-state index contributed by atoms with van der Waals surface area (Å²) in [6.07, 6.45) is 1.72. The van der Waals surface area contributed by atoms with Crippen LogP contribution < -0.4 is 5.32 Å². The Kier molecular flexibility index (Phi) is 5.51. The summed E-state index contributed by atoms with van der Waals surface area (Å²) in [6.45, 7) is 0. The molecule has 2 rings (SSSR count). The molecule has 0 bridgehead atoms. The summed E-state index contributed by atoms with van der Waals surface area (Å²) in [4.78, 5) is 27.5. The third-order valence-corrected chi connectivity index (χ3v) is 3.94. The van der Waals surface area contributed by atoms with Gasteiger partial charge in [-0.1, -0.05) is 17.7 Å². The van der Waals surface area contributed by atoms with Gasteiger partial charge in [-0.2, -0.15) is 0 Å². The predicted molar refractivity (Wildman–Crippen MR) is 86.0 cm³/mol. The van der Waals surface area contributed by atoms with Gasteiger partial charge in [0, 0.05) is 23.2 Å². The number of benzene rings is 1. The average molecular weight is 384 g/mol. The molecule has 5 nitrogen and oxygen atoms in total. The molecule has 114 valence electrons. The van der Waals surface area contributed by atoms with Crippen LogP contribution in [0.4, 0.5) is 0 Å². The number of amides is 1. The second kappa shape index (κ2) is 7.38. The summed E-state index contributed by atoms with van der Waals surface area (Å²) in [5.74, 6) is -1.58. The highest BCUT2D eigenvalue weighted by atomic mass is 79.9. The number of hydrogen-bond donors (Lipinski definition) is 2. The summed E-state index contributed by atoms with van der Waals surface area (Å²) >= 11 is 9.02. The lowest BCUT2D eigenvalue weighted by molar-refractivity contribution is -0.139. The van der Waals surface area contributed by atoms with Crippen LogP contribution in [0.2, 0.25) is 5.02 Å². The lowest BCUT2D eigenvalue weighted by atomic mass is 10.1. The van der Waals surface area contributed by atoms with Crippen LogP contribution in [-0.4, -0.2) is 28.0 Å². The molecule has 0 fully saturated rings. The Morgan fingerprint density at radius 2 is 1.95 bits per heavy atom. The Labute approximate surface area is 140 Å². The van der Waals surface area contributed by atoms with Gasteiger partial charge in [0.1, 0.15) is 10.6 Å². The van der Waals surface area contributed by atoms with Gasteiger partial charge >= 0.3 is 5.97 Å². The Hall–Kier alpha value is -1.92. The molecule has 1 atom stereocenters. The van der Waals surface area contributed by atoms with Gasteiger partial charge in [0.05, 0.1) is 0 Å². The van der Waals surface area contributed by atoms with Gasteiger partial charge in [-0.05, 0) is 51.8 Å². The molecule has 2 aromatic rings. The summed E-state index contributed by atoms with van der Waals surface area (Å²) in [5.41, 5.74) is 1.05. The van der Waals surface area contributed by atoms with Crippen molar-refractivity contribution in [3.63, 3.8) is 0 Å². The minimum absolute atomic E-state index is 0.128. The van der Waals surface area contributed by atoms with E-state index in [4.69, 9.17) is 11.6 Å². The minimum atomic E-state index is -1.11. The van der Waals surface area contributed by atoms with Gasteiger partial charge in [-0.3, -0.25) is 4.79 Å². The van der Waals surface area contributed by atoms with Crippen LogP contribution in [0.3, 0.4) is 0 Å². The van der Waals surface area contributed by atoms with Crippen molar-refractivity contribution in [2.45, 2.75) is 12.5 Å². The lowest BCUT2D eigenvalue weighted by Crippen LogP contribution is -2.42. The van der Waals surface area contributed by atoms with E-state index in [-0.39, 0.29) is 6.42 Å². The van der Waals surface area contributed by atoms with E-state index in [9.17, 15) is 14.7 Å². The number of carboxylic acids is 1. The molecule has 0 aliphatic rings. The molecule has 0 saturated heterocycles. The maximum atomic E-state index is 12.1. The molecular formula is C15H12BrClN2O3. The number of aliphatic carboxylic acids is 1. The van der Waals surface area contributed by atoms with Crippen LogP contribution in [0.1, 0.15) is 15.9 Å². The molecule has 1 aromatic heterocycles. The fourth-order valence-electron chi connectivity index (χ4n) is 1.83. The molecule has 2 N–H and O–H groups in total. The van der Waals surface area contributed by atoms with Crippen molar-refractivity contribution in [2.24, 2.45) is 0 Å². The number of aromatic nitrogens is 1. The molecule has 0 aliphatic heterocycles. The van der Waals surface area contributed by atoms with E-state index in [0.717, 1.165) is 0 Å². The van der Waals surface area contributed by atoms with E-state index in [2.05, 4.69) is 26.2 Å². The second-order valence-electron chi connectivity index (χ2n) is 4.53. The molecule has 0 radical (unpaired) electrons. The van der Waals surface area contributed by atoms with E-state index in [1.165, 1.54) is 12.1 Å². The second-order valence-corrected chi connectivity index (χ2v) is 5.72. The zero-order chi connectivity index (χ0) is 16.1. The van der Waals surface area contributed by atoms with Crippen molar-refractivity contribution in [1.29, 1.82) is 0 Å². The molecule has 0 saturated carbocycles. The number of carbonyl (C=O) groups is 2. The predicted octanol–water partition coefficient (Wildman–Crippen LogP) is 2.92. The molecule has 22 heavy (non-hydrogen) atoms. The van der Waals surface area contributed by atoms with Gasteiger partial charge in [0.15, 0.2) is 0 Å². The highest BCUT2D eigenvalue weighted by Gasteiger charge is 2.22. The number of nitrogens with zero attached hydrogens (tertiary/aromatic N) is 1. The first-order valence-corrected chi connectivity index (χ1v) is 7.53. The average Bonchev–Trinajstić information content (AvgIpc) is 2.49. The Morgan fingerprint density at radius 1 is 1.27 bits per heavy atom. The van der Waals surface area contributed by atoms with Crippen LogP contribution in [0.15, 0.2) is 47.2 Å². The van der Waals surface area contributed by atoms with Crippen molar-refractivity contribution in [3.05, 3.63) is 63.3 Å². The quantitative estimate of drug-likeness (QED) is 0.778. The number of nitrogens with one attached hydrogen (secondary N) is 1. The number of carboxylic acid groups (broad SMARTS) is 1. The van der Waals surface area contributed by atoms with Gasteiger partial charge in [-0.15, -0.1) is 0 Å². The largest absolute Gasteiger partial charge is 0.480 e. The van der Waals surface area contributed by atoms with Crippen molar-refractivity contribution in [3.8, 4) is 0 Å². The monoisotopic (exact) mass is 382 g/mol. The van der Waals surface area contributed by atoms with E-state index >= 15 is 0 Å². The normalized spacial score (nSPS) is 11.7. The SMILES string of the molecule is O=C(N[C@H](Cc1cccnc1Br)C(=O)O)c1ccc(Cl)cc1. The summed E-state index contributed by atoms with van der Waals surface area (Å²) in [5, 5.41) is 12.3. The van der Waals surface area contributed by atoms with E-state index in [0.29, 0.717) is 20.8 Å². The first kappa shape index (κ1) is 16.5. The topological polar surface area (TPSA) is 79.3 Å². The van der Waals surface area contributed by atoms with Crippen molar-refractivity contribution < 1.29 is 14.7 Å². The Morgan fingerprint density at radius 3 is 2.55 bits per heavy atom. The highest BCUT2D eigenvalue weighted by molar-refractivity contribution is 9.10. The maximum Gasteiger partial charge on any atom is 0.326 e. The summed E-state index contributed by atoms with van der Waals surface area (Å²) in [7, 11) is 0. The zero-order valence-electron chi connectivity index (χ0n) is 11.3. The van der Waals surface area contributed by atoms with Crippen molar-refractivity contribution in [2.75, 3.05) is 0 Å². The van der Waals surface area contributed by atoms with Gasteiger partial charge < -0.3 is 10.4 Å². The first-order valence-electron chi connectivity index (χ1n) is 6.36. The Bertz CT molecular complexity index is 691. The minimum Gasteiger partial charge on any atom is -0.480 e. The van der Waals surface area contributed by atoms with Crippen molar-refractivity contribution >= 4 is 39.4 Å². The smallest absolute Gasteiger partial charge is 0.326 e. The fraction of sp³-hybridized carbons (Fsp3) is 0.133. The summed E-state index contributed by atoms with van der Waals surface area (Å²) < 4.78 is 0.557. The molecule has 0 unspecified atom stereocenters. The van der Waals surface area contributed by atoms with E-state index in [1.807, 2.05) is 0 Å². The number of carbonyl (C=O) groups excluding carboxylic acids is 1. The van der Waals surface area contributed by atoms with Crippen molar-refractivity contribution in [1.82, 2.24) is 10.3 Å². The zero-order valence-corrected chi connectivity index (χ0v) is 13.6. The van der Waals surface area contributed by atoms with Gasteiger partial charge in [0.25, 0.3) is 5.91 Å². The number of hydrogen-bond acceptors (Lipinski definition) is 3. The molecule has 1 amide bonds. The molecular weight excluding hydrogens is 372 g/mol. The van der Waals surface area contributed by atoms with Crippen LogP contribution in [0.5, 0.6) is 0 Å². The van der Waals surface area contributed by atoms with Gasteiger partial charge in [0.2, 0.25) is 0 Å². The Balaban J connectivity index is 2.12. The maximum absolute atomic E-state index is 12.1. The fourth-order valence-corrected chi connectivity index (χ4v) is 2.37. The molecule has 1 heterocycles. The van der Waals surface area contributed by atoms with Crippen LogP contribution in [0.25, 0.3) is 0 Å². The van der Waals surface area contributed by atoms with Crippen LogP contribution in [0, 0.1) is 0 Å². The standard InChI is InChI=1S/C15H12BrClN2O3/c16-13-10(2-1-7-18-13)8-12(15(21)22)19-14(20)9-3-5-11(17)6-4-9/h1-7,12H,8H2,(H,19,20)(H,21,22)/t12-/m1/s1. The first-order chi connectivity index (χ1) is 10.5. The lowest BCUT2D eigenvalue weighted by Gasteiger charge is -2.15. The molecule has 0 spiro atoms. The number of rotatable bonds is 5. The number of halogens is 2. The van der Waals surface area contributed by atoms with E-state index < -0.39 is 17.9 Å². The molecule has 7 heteroatoms. The third kappa shape index (κ3) is 4.29. The highest BCUT2D eigenvalue weighted by Crippen LogP contribution is 2.15. The molecule has 0 aliphatic carbocycles. The van der Waals surface area contributed by atoms with Crippen LogP contribution in [-0.2, 0) is 11.2 Å². The third-order valence-electron chi connectivity index (χ3n) is 2.97. The summed E-state index contributed by atoms with van der Waals surface area (Å²) in [6, 6.07) is 8.63. The number of pyridine rings is 1.